The molecule has 1 aromatic rings. The zero-order chi connectivity index (χ0) is 10.9. The minimum Gasteiger partial charge on any atom is -0.493 e. The molecule has 0 aromatic heterocycles. The Morgan fingerprint density at radius 1 is 1.20 bits per heavy atom. The van der Waals surface area contributed by atoms with E-state index in [4.69, 9.17) is 4.74 Å². The van der Waals surface area contributed by atoms with Crippen LogP contribution in [0.25, 0.3) is 0 Å². The van der Waals surface area contributed by atoms with Gasteiger partial charge in [-0.05, 0) is 54.5 Å². The Labute approximate surface area is 103 Å². The summed E-state index contributed by atoms with van der Waals surface area (Å²) in [6, 6.07) is 8.95. The van der Waals surface area contributed by atoms with Crippen molar-refractivity contribution in [3.63, 3.8) is 0 Å². The molecule has 1 aromatic carbocycles. The summed E-state index contributed by atoms with van der Waals surface area (Å²) in [5.41, 5.74) is 1.23. The van der Waals surface area contributed by atoms with Gasteiger partial charge in [0.15, 0.2) is 0 Å². The molecule has 0 aliphatic heterocycles. The molecule has 0 unspecified atom stereocenters. The van der Waals surface area contributed by atoms with Gasteiger partial charge in [0.1, 0.15) is 5.75 Å². The SMILES string of the molecule is SCCCOc1cc[c]cc1CCCS. The van der Waals surface area contributed by atoms with Gasteiger partial charge in [0.25, 0.3) is 0 Å². The molecular formula is C12H17OS2. The standard InChI is InChI=1S/C12H17OS2/c14-9-3-6-11-5-1-2-7-12(11)13-8-4-10-15/h2,5,7,14-15H,3-4,6,8-10H2. The number of rotatable bonds is 7. The van der Waals surface area contributed by atoms with E-state index in [9.17, 15) is 0 Å². The summed E-state index contributed by atoms with van der Waals surface area (Å²) in [4.78, 5) is 0. The maximum absolute atomic E-state index is 5.68. The highest BCUT2D eigenvalue weighted by Crippen LogP contribution is 2.19. The molecule has 0 aliphatic rings. The van der Waals surface area contributed by atoms with E-state index in [-0.39, 0.29) is 0 Å². The van der Waals surface area contributed by atoms with Crippen molar-refractivity contribution >= 4 is 25.3 Å². The first kappa shape index (κ1) is 12.8. The Kier molecular flexibility index (Phi) is 6.77. The van der Waals surface area contributed by atoms with Gasteiger partial charge in [0.05, 0.1) is 6.61 Å². The van der Waals surface area contributed by atoms with Gasteiger partial charge >= 0.3 is 0 Å². The highest BCUT2D eigenvalue weighted by atomic mass is 32.1. The van der Waals surface area contributed by atoms with E-state index in [1.807, 2.05) is 18.2 Å². The van der Waals surface area contributed by atoms with Crippen LogP contribution in [0.4, 0.5) is 0 Å². The summed E-state index contributed by atoms with van der Waals surface area (Å²) in [5.74, 6) is 2.76. The van der Waals surface area contributed by atoms with Gasteiger partial charge in [0.2, 0.25) is 0 Å². The van der Waals surface area contributed by atoms with E-state index >= 15 is 0 Å². The lowest BCUT2D eigenvalue weighted by Gasteiger charge is -2.10. The Morgan fingerprint density at radius 2 is 2.00 bits per heavy atom. The molecule has 0 heterocycles. The first-order valence-corrected chi connectivity index (χ1v) is 6.48. The van der Waals surface area contributed by atoms with Crippen LogP contribution in [0.5, 0.6) is 5.75 Å². The topological polar surface area (TPSA) is 9.23 Å². The number of hydrogen-bond donors (Lipinski definition) is 2. The lowest BCUT2D eigenvalue weighted by Crippen LogP contribution is -2.01. The van der Waals surface area contributed by atoms with Crippen molar-refractivity contribution in [3.8, 4) is 5.75 Å². The lowest BCUT2D eigenvalue weighted by atomic mass is 10.1. The first-order valence-electron chi connectivity index (χ1n) is 5.22. The van der Waals surface area contributed by atoms with Crippen LogP contribution in [-0.4, -0.2) is 18.1 Å². The summed E-state index contributed by atoms with van der Waals surface area (Å²) in [5, 5.41) is 0. The third-order valence-corrected chi connectivity index (χ3v) is 2.70. The second-order valence-corrected chi connectivity index (χ2v) is 4.18. The summed E-state index contributed by atoms with van der Waals surface area (Å²) >= 11 is 8.36. The van der Waals surface area contributed by atoms with Gasteiger partial charge in [-0.25, -0.2) is 0 Å². The average molecular weight is 241 g/mol. The maximum atomic E-state index is 5.68. The van der Waals surface area contributed by atoms with E-state index in [2.05, 4.69) is 31.3 Å². The zero-order valence-corrected chi connectivity index (χ0v) is 10.6. The van der Waals surface area contributed by atoms with Gasteiger partial charge in [-0.1, -0.05) is 6.07 Å². The lowest BCUT2D eigenvalue weighted by molar-refractivity contribution is 0.315. The maximum Gasteiger partial charge on any atom is 0.122 e. The Bertz CT molecular complexity index is 276. The van der Waals surface area contributed by atoms with Gasteiger partial charge in [0, 0.05) is 0 Å². The van der Waals surface area contributed by atoms with Crippen molar-refractivity contribution in [1.29, 1.82) is 0 Å². The van der Waals surface area contributed by atoms with Gasteiger partial charge in [-0.15, -0.1) is 0 Å². The van der Waals surface area contributed by atoms with Crippen LogP contribution >= 0.6 is 25.3 Å². The van der Waals surface area contributed by atoms with E-state index in [0.29, 0.717) is 0 Å². The smallest absolute Gasteiger partial charge is 0.122 e. The monoisotopic (exact) mass is 241 g/mol. The molecular weight excluding hydrogens is 224 g/mol. The van der Waals surface area contributed by atoms with Crippen LogP contribution in [-0.2, 0) is 6.42 Å². The van der Waals surface area contributed by atoms with Crippen LogP contribution < -0.4 is 4.74 Å². The summed E-state index contributed by atoms with van der Waals surface area (Å²) < 4.78 is 5.68. The van der Waals surface area contributed by atoms with E-state index in [1.165, 1.54) is 5.56 Å². The highest BCUT2D eigenvalue weighted by molar-refractivity contribution is 7.80. The van der Waals surface area contributed by atoms with E-state index in [0.717, 1.165) is 43.1 Å². The summed E-state index contributed by atoms with van der Waals surface area (Å²) in [7, 11) is 0. The second kappa shape index (κ2) is 7.94. The summed E-state index contributed by atoms with van der Waals surface area (Å²) in [6.07, 6.45) is 3.06. The molecule has 83 valence electrons. The molecule has 1 nitrogen and oxygen atoms in total. The Morgan fingerprint density at radius 3 is 2.73 bits per heavy atom. The Balaban J connectivity index is 2.52. The van der Waals surface area contributed by atoms with E-state index in [1.54, 1.807) is 0 Å². The van der Waals surface area contributed by atoms with Crippen molar-refractivity contribution in [2.24, 2.45) is 0 Å². The predicted octanol–water partition coefficient (Wildman–Crippen LogP) is 3.05. The molecule has 0 saturated heterocycles. The van der Waals surface area contributed by atoms with Crippen LogP contribution in [0.2, 0.25) is 0 Å². The Hall–Kier alpha value is -0.280. The molecule has 0 aliphatic carbocycles. The molecule has 1 rings (SSSR count). The fourth-order valence-corrected chi connectivity index (χ4v) is 1.59. The van der Waals surface area contributed by atoms with Crippen molar-refractivity contribution in [3.05, 3.63) is 29.8 Å². The van der Waals surface area contributed by atoms with Gasteiger partial charge < -0.3 is 4.74 Å². The fourth-order valence-electron chi connectivity index (χ4n) is 1.30. The molecule has 0 fully saturated rings. The summed E-state index contributed by atoms with van der Waals surface area (Å²) in [6.45, 7) is 0.737. The normalized spacial score (nSPS) is 10.3. The molecule has 0 saturated carbocycles. The minimum atomic E-state index is 0.737. The minimum absolute atomic E-state index is 0.737. The molecule has 0 N–H and O–H groups in total. The molecule has 1 radical (unpaired) electrons. The van der Waals surface area contributed by atoms with Crippen LogP contribution in [0.3, 0.4) is 0 Å². The van der Waals surface area contributed by atoms with Gasteiger partial charge in [-0.3, -0.25) is 0 Å². The second-order valence-electron chi connectivity index (χ2n) is 3.29. The third kappa shape index (κ3) is 4.85. The van der Waals surface area contributed by atoms with Crippen molar-refractivity contribution in [2.75, 3.05) is 18.1 Å². The number of benzene rings is 1. The number of thiol groups is 2. The first-order chi connectivity index (χ1) is 7.38. The quantitative estimate of drug-likeness (QED) is 0.551. The number of aryl methyl sites for hydroxylation is 1. The number of hydrogen-bond acceptors (Lipinski definition) is 3. The largest absolute Gasteiger partial charge is 0.493 e. The highest BCUT2D eigenvalue weighted by Gasteiger charge is 2.01. The zero-order valence-electron chi connectivity index (χ0n) is 8.78. The molecule has 0 spiro atoms. The number of ether oxygens (including phenoxy) is 1. The molecule has 0 bridgehead atoms. The molecule has 3 heteroatoms. The van der Waals surface area contributed by atoms with Crippen molar-refractivity contribution in [1.82, 2.24) is 0 Å². The fraction of sp³-hybridized carbons (Fsp3) is 0.500. The van der Waals surface area contributed by atoms with E-state index < -0.39 is 0 Å². The molecule has 15 heavy (non-hydrogen) atoms. The van der Waals surface area contributed by atoms with Crippen LogP contribution in [0.1, 0.15) is 18.4 Å². The molecule has 0 atom stereocenters. The van der Waals surface area contributed by atoms with Crippen molar-refractivity contribution in [2.45, 2.75) is 19.3 Å². The predicted molar refractivity (Wildman–Crippen MR) is 71.4 cm³/mol. The van der Waals surface area contributed by atoms with Crippen LogP contribution in [0.15, 0.2) is 18.2 Å². The van der Waals surface area contributed by atoms with Crippen molar-refractivity contribution < 1.29 is 4.74 Å². The van der Waals surface area contributed by atoms with Gasteiger partial charge in [-0.2, -0.15) is 25.3 Å². The average Bonchev–Trinajstić information content (AvgIpc) is 2.28. The third-order valence-electron chi connectivity index (χ3n) is 2.07. The molecule has 0 amide bonds. The van der Waals surface area contributed by atoms with Crippen LogP contribution in [0, 0.1) is 6.07 Å².